The highest BCUT2D eigenvalue weighted by atomic mass is 32.2. The lowest BCUT2D eigenvalue weighted by Gasteiger charge is -2.19. The highest BCUT2D eigenvalue weighted by Gasteiger charge is 2.30. The van der Waals surface area contributed by atoms with Gasteiger partial charge in [-0.3, -0.25) is 9.59 Å². The molecular formula is C25H24N2O5S2. The van der Waals surface area contributed by atoms with Crippen LogP contribution in [0.5, 0.6) is 0 Å². The third-order valence-corrected chi connectivity index (χ3v) is 7.35. The van der Waals surface area contributed by atoms with E-state index in [-0.39, 0.29) is 24.2 Å². The Labute approximate surface area is 205 Å². The molecule has 0 radical (unpaired) electrons. The fourth-order valence-corrected chi connectivity index (χ4v) is 5.33. The van der Waals surface area contributed by atoms with Gasteiger partial charge in [0.2, 0.25) is 5.91 Å². The Morgan fingerprint density at radius 3 is 2.29 bits per heavy atom. The molecule has 0 bridgehead atoms. The summed E-state index contributed by atoms with van der Waals surface area (Å²) < 4.78 is 5.59. The van der Waals surface area contributed by atoms with E-state index >= 15 is 0 Å². The Kier molecular flexibility index (Phi) is 7.87. The topological polar surface area (TPSA) is 105 Å². The first-order chi connectivity index (χ1) is 16.5. The van der Waals surface area contributed by atoms with Gasteiger partial charge in [0, 0.05) is 23.1 Å². The van der Waals surface area contributed by atoms with E-state index in [0.29, 0.717) is 17.2 Å². The molecule has 4 rings (SSSR count). The standard InChI is InChI=1S/C25H24N2O5S2/c28-22(29)15-33-13-11-26-24(30)23(21-10-5-12-34-21)27-25(31)32-14-20-18-8-3-1-6-16(18)17-7-2-4-9-19(17)20/h1-10,12,20,23H,11,13-15H2,(H,26,30)(H,27,31)(H,28,29). The molecule has 2 aromatic carbocycles. The number of rotatable bonds is 10. The summed E-state index contributed by atoms with van der Waals surface area (Å²) in [6, 6.07) is 18.9. The van der Waals surface area contributed by atoms with Crippen LogP contribution in [0.25, 0.3) is 11.1 Å². The molecule has 0 saturated heterocycles. The number of hydrogen-bond acceptors (Lipinski definition) is 6. The van der Waals surface area contributed by atoms with Crippen molar-refractivity contribution in [3.63, 3.8) is 0 Å². The third-order valence-electron chi connectivity index (χ3n) is 5.47. The van der Waals surface area contributed by atoms with E-state index in [1.807, 2.05) is 47.8 Å². The van der Waals surface area contributed by atoms with E-state index < -0.39 is 18.1 Å². The number of thiophene rings is 1. The molecule has 0 spiro atoms. The highest BCUT2D eigenvalue weighted by molar-refractivity contribution is 7.99. The Morgan fingerprint density at radius 1 is 1.00 bits per heavy atom. The minimum atomic E-state index is -0.898. The van der Waals surface area contributed by atoms with Crippen molar-refractivity contribution in [2.75, 3.05) is 24.7 Å². The second kappa shape index (κ2) is 11.2. The maximum Gasteiger partial charge on any atom is 0.408 e. The Balaban J connectivity index is 1.37. The van der Waals surface area contributed by atoms with Crippen molar-refractivity contribution in [3.05, 3.63) is 82.0 Å². The van der Waals surface area contributed by atoms with Gasteiger partial charge in [-0.25, -0.2) is 4.79 Å². The lowest BCUT2D eigenvalue weighted by atomic mass is 9.98. The van der Waals surface area contributed by atoms with Gasteiger partial charge >= 0.3 is 12.1 Å². The number of hydrogen-bond donors (Lipinski definition) is 3. The maximum atomic E-state index is 12.8. The Morgan fingerprint density at radius 2 is 1.68 bits per heavy atom. The molecule has 3 N–H and O–H groups in total. The minimum absolute atomic E-state index is 0.0256. The Bertz CT molecular complexity index is 1120. The number of ether oxygens (including phenoxy) is 1. The van der Waals surface area contributed by atoms with Crippen LogP contribution in [-0.4, -0.2) is 47.7 Å². The summed E-state index contributed by atoms with van der Waals surface area (Å²) in [5, 5.41) is 16.0. The van der Waals surface area contributed by atoms with Gasteiger partial charge < -0.3 is 20.5 Å². The van der Waals surface area contributed by atoms with Gasteiger partial charge in [0.05, 0.1) is 5.75 Å². The van der Waals surface area contributed by atoms with Gasteiger partial charge in [0.25, 0.3) is 0 Å². The number of aliphatic carboxylic acids is 1. The number of thioether (sulfide) groups is 1. The van der Waals surface area contributed by atoms with E-state index in [0.717, 1.165) is 22.3 Å². The lowest BCUT2D eigenvalue weighted by Crippen LogP contribution is -2.41. The smallest absolute Gasteiger partial charge is 0.408 e. The maximum absolute atomic E-state index is 12.8. The number of alkyl carbamates (subject to hydrolysis) is 1. The predicted octanol–water partition coefficient (Wildman–Crippen LogP) is 4.26. The van der Waals surface area contributed by atoms with Crippen molar-refractivity contribution >= 4 is 41.1 Å². The van der Waals surface area contributed by atoms with Gasteiger partial charge in [-0.1, -0.05) is 54.6 Å². The quantitative estimate of drug-likeness (QED) is 0.362. The van der Waals surface area contributed by atoms with Crippen LogP contribution >= 0.6 is 23.1 Å². The number of carbonyl (C=O) groups excluding carboxylic acids is 2. The average molecular weight is 497 g/mol. The predicted molar refractivity (Wildman–Crippen MR) is 133 cm³/mol. The van der Waals surface area contributed by atoms with Gasteiger partial charge in [-0.2, -0.15) is 0 Å². The molecule has 0 aliphatic heterocycles. The van der Waals surface area contributed by atoms with Crippen LogP contribution in [0.4, 0.5) is 4.79 Å². The summed E-state index contributed by atoms with van der Waals surface area (Å²) in [6.45, 7) is 0.454. The fourth-order valence-electron chi connectivity index (χ4n) is 3.99. The van der Waals surface area contributed by atoms with E-state index in [1.54, 1.807) is 6.07 Å². The van der Waals surface area contributed by atoms with Crippen molar-refractivity contribution < 1.29 is 24.2 Å². The molecule has 7 nitrogen and oxygen atoms in total. The molecule has 1 aromatic heterocycles. The zero-order valence-corrected chi connectivity index (χ0v) is 19.9. The van der Waals surface area contributed by atoms with Gasteiger partial charge in [-0.05, 0) is 33.7 Å². The number of carboxylic acids is 1. The summed E-state index contributed by atoms with van der Waals surface area (Å²) in [5.41, 5.74) is 4.51. The number of carboxylic acid groups (broad SMARTS) is 1. The van der Waals surface area contributed by atoms with E-state index in [1.165, 1.54) is 23.1 Å². The summed E-state index contributed by atoms with van der Waals surface area (Å²) in [5.74, 6) is -0.905. The number of benzene rings is 2. The first-order valence-electron chi connectivity index (χ1n) is 10.8. The van der Waals surface area contributed by atoms with E-state index in [2.05, 4.69) is 22.8 Å². The van der Waals surface area contributed by atoms with Crippen LogP contribution in [0.15, 0.2) is 66.0 Å². The zero-order valence-electron chi connectivity index (χ0n) is 18.2. The van der Waals surface area contributed by atoms with Crippen molar-refractivity contribution in [2.24, 2.45) is 0 Å². The summed E-state index contributed by atoms with van der Waals surface area (Å²) in [7, 11) is 0. The van der Waals surface area contributed by atoms with Crippen molar-refractivity contribution in [3.8, 4) is 11.1 Å². The molecule has 0 saturated carbocycles. The van der Waals surface area contributed by atoms with Gasteiger partial charge in [0.15, 0.2) is 0 Å². The van der Waals surface area contributed by atoms with Crippen LogP contribution in [0.2, 0.25) is 0 Å². The van der Waals surface area contributed by atoms with Crippen LogP contribution in [0, 0.1) is 0 Å². The number of carbonyl (C=O) groups is 3. The second-order valence-corrected chi connectivity index (χ2v) is 9.74. The average Bonchev–Trinajstić information content (AvgIpc) is 3.47. The van der Waals surface area contributed by atoms with Crippen LogP contribution in [0.1, 0.15) is 28.0 Å². The van der Waals surface area contributed by atoms with Crippen LogP contribution in [-0.2, 0) is 14.3 Å². The van der Waals surface area contributed by atoms with E-state index in [9.17, 15) is 14.4 Å². The number of nitrogens with one attached hydrogen (secondary N) is 2. The fraction of sp³-hybridized carbons (Fsp3) is 0.240. The largest absolute Gasteiger partial charge is 0.481 e. The minimum Gasteiger partial charge on any atom is -0.481 e. The molecule has 2 amide bonds. The number of fused-ring (bicyclic) bond motifs is 3. The normalized spacial score (nSPS) is 12.9. The van der Waals surface area contributed by atoms with Gasteiger partial charge in [-0.15, -0.1) is 23.1 Å². The molecule has 0 fully saturated rings. The zero-order chi connectivity index (χ0) is 23.9. The number of amides is 2. The van der Waals surface area contributed by atoms with Crippen LogP contribution < -0.4 is 10.6 Å². The molecule has 1 unspecified atom stereocenters. The Hall–Kier alpha value is -3.30. The molecule has 1 heterocycles. The van der Waals surface area contributed by atoms with Gasteiger partial charge in [0.1, 0.15) is 12.6 Å². The summed E-state index contributed by atoms with van der Waals surface area (Å²) in [6.07, 6.45) is -0.671. The molecule has 1 atom stereocenters. The summed E-state index contributed by atoms with van der Waals surface area (Å²) >= 11 is 2.57. The van der Waals surface area contributed by atoms with Crippen molar-refractivity contribution in [1.29, 1.82) is 0 Å². The first-order valence-corrected chi connectivity index (χ1v) is 12.8. The lowest BCUT2D eigenvalue weighted by molar-refractivity contribution is -0.133. The highest BCUT2D eigenvalue weighted by Crippen LogP contribution is 2.44. The van der Waals surface area contributed by atoms with Crippen LogP contribution in [0.3, 0.4) is 0 Å². The van der Waals surface area contributed by atoms with E-state index in [4.69, 9.17) is 9.84 Å². The summed E-state index contributed by atoms with van der Waals surface area (Å²) in [4.78, 5) is 36.8. The van der Waals surface area contributed by atoms with Crippen molar-refractivity contribution in [1.82, 2.24) is 10.6 Å². The molecule has 1 aliphatic rings. The first kappa shape index (κ1) is 23.8. The monoisotopic (exact) mass is 496 g/mol. The second-order valence-electron chi connectivity index (χ2n) is 7.66. The molecule has 34 heavy (non-hydrogen) atoms. The van der Waals surface area contributed by atoms with Crippen molar-refractivity contribution in [2.45, 2.75) is 12.0 Å². The SMILES string of the molecule is O=C(O)CSCCNC(=O)C(NC(=O)OCC1c2ccccc2-c2ccccc21)c1cccs1. The third kappa shape index (κ3) is 5.60. The molecule has 3 aromatic rings. The molecular weight excluding hydrogens is 472 g/mol. The molecule has 9 heteroatoms. The molecule has 176 valence electrons. The molecule has 1 aliphatic carbocycles.